The molecule has 3 saturated carbocycles. The molecule has 4 atom stereocenters. The van der Waals surface area contributed by atoms with Gasteiger partial charge in [-0.2, -0.15) is 0 Å². The van der Waals surface area contributed by atoms with Crippen molar-refractivity contribution >= 4 is 0 Å². The van der Waals surface area contributed by atoms with Crippen LogP contribution >= 0.6 is 0 Å². The van der Waals surface area contributed by atoms with E-state index < -0.39 is 0 Å². The van der Waals surface area contributed by atoms with E-state index >= 15 is 0 Å². The average molecular weight is 251 g/mol. The van der Waals surface area contributed by atoms with Gasteiger partial charge < -0.3 is 5.32 Å². The topological polar surface area (TPSA) is 12.0 Å². The van der Waals surface area contributed by atoms with Crippen LogP contribution < -0.4 is 5.32 Å². The summed E-state index contributed by atoms with van der Waals surface area (Å²) >= 11 is 0. The first-order valence-electron chi connectivity index (χ1n) is 8.39. The van der Waals surface area contributed by atoms with Crippen molar-refractivity contribution in [3.63, 3.8) is 0 Å². The van der Waals surface area contributed by atoms with Gasteiger partial charge in [0.15, 0.2) is 0 Å². The molecule has 0 aromatic heterocycles. The first-order chi connectivity index (χ1) is 8.65. The summed E-state index contributed by atoms with van der Waals surface area (Å²) in [5.41, 5.74) is 0. The van der Waals surface area contributed by atoms with Gasteiger partial charge in [-0.25, -0.2) is 0 Å². The van der Waals surface area contributed by atoms with E-state index in [1.165, 1.54) is 38.5 Å². The lowest BCUT2D eigenvalue weighted by Gasteiger charge is -2.45. The Morgan fingerprint density at radius 2 is 1.83 bits per heavy atom. The lowest BCUT2D eigenvalue weighted by Crippen LogP contribution is -2.44. The zero-order valence-electron chi connectivity index (χ0n) is 12.9. The Hall–Kier alpha value is -0.0400. The maximum Gasteiger partial charge on any atom is 0.00720 e. The lowest BCUT2D eigenvalue weighted by molar-refractivity contribution is 0.0655. The monoisotopic (exact) mass is 251 g/mol. The van der Waals surface area contributed by atoms with E-state index in [0.717, 1.165) is 36.1 Å². The standard InChI is InChI=1S/C17H33N/c1-5-14-8-7-12(3)17(13(4)18-6-2)16-10-15(9-14)11-16/h12-18H,5-11H2,1-4H3. The van der Waals surface area contributed by atoms with E-state index in [1.807, 2.05) is 0 Å². The zero-order chi connectivity index (χ0) is 13.1. The molecular weight excluding hydrogens is 218 g/mol. The normalized spacial score (nSPS) is 42.3. The van der Waals surface area contributed by atoms with Crippen LogP contribution in [0.2, 0.25) is 0 Å². The minimum absolute atomic E-state index is 0.717. The predicted octanol–water partition coefficient (Wildman–Crippen LogP) is 4.47. The molecule has 0 radical (unpaired) electrons. The van der Waals surface area contributed by atoms with Gasteiger partial charge in [0.25, 0.3) is 0 Å². The predicted molar refractivity (Wildman–Crippen MR) is 79.6 cm³/mol. The van der Waals surface area contributed by atoms with Gasteiger partial charge in [-0.1, -0.05) is 40.0 Å². The Kier molecular flexibility index (Phi) is 5.12. The van der Waals surface area contributed by atoms with Gasteiger partial charge in [0.1, 0.15) is 0 Å². The Balaban J connectivity index is 2.01. The van der Waals surface area contributed by atoms with Crippen molar-refractivity contribution in [2.24, 2.45) is 29.6 Å². The number of rotatable bonds is 4. The van der Waals surface area contributed by atoms with Crippen LogP contribution in [0.15, 0.2) is 0 Å². The van der Waals surface area contributed by atoms with E-state index in [9.17, 15) is 0 Å². The SMILES string of the molecule is CCNC(C)C1C(C)CCC(CC)CC2CC1C2. The maximum atomic E-state index is 3.69. The van der Waals surface area contributed by atoms with Gasteiger partial charge in [0, 0.05) is 6.04 Å². The van der Waals surface area contributed by atoms with Crippen LogP contribution in [0.4, 0.5) is 0 Å². The molecule has 18 heavy (non-hydrogen) atoms. The summed E-state index contributed by atoms with van der Waals surface area (Å²) in [5, 5.41) is 3.69. The van der Waals surface area contributed by atoms with Gasteiger partial charge in [-0.3, -0.25) is 0 Å². The highest BCUT2D eigenvalue weighted by Gasteiger charge is 2.41. The van der Waals surface area contributed by atoms with Crippen molar-refractivity contribution in [3.8, 4) is 0 Å². The third-order valence-electron chi connectivity index (χ3n) is 5.85. The summed E-state index contributed by atoms with van der Waals surface area (Å²) in [7, 11) is 0. The summed E-state index contributed by atoms with van der Waals surface area (Å²) < 4.78 is 0. The van der Waals surface area contributed by atoms with Crippen LogP contribution in [0.5, 0.6) is 0 Å². The molecule has 3 aliphatic carbocycles. The van der Waals surface area contributed by atoms with Crippen molar-refractivity contribution in [1.29, 1.82) is 0 Å². The van der Waals surface area contributed by atoms with E-state index in [2.05, 4.69) is 33.0 Å². The van der Waals surface area contributed by atoms with Gasteiger partial charge >= 0.3 is 0 Å². The second-order valence-electron chi connectivity index (χ2n) is 7.09. The first-order valence-corrected chi connectivity index (χ1v) is 8.39. The van der Waals surface area contributed by atoms with Crippen LogP contribution in [0.1, 0.15) is 66.2 Å². The minimum Gasteiger partial charge on any atom is -0.314 e. The van der Waals surface area contributed by atoms with Gasteiger partial charge in [-0.15, -0.1) is 0 Å². The van der Waals surface area contributed by atoms with E-state index in [0.29, 0.717) is 6.04 Å². The van der Waals surface area contributed by atoms with Crippen LogP contribution in [-0.2, 0) is 0 Å². The smallest absolute Gasteiger partial charge is 0.00720 e. The fourth-order valence-electron chi connectivity index (χ4n) is 4.77. The molecule has 1 nitrogen and oxygen atoms in total. The van der Waals surface area contributed by atoms with E-state index in [-0.39, 0.29) is 0 Å². The first kappa shape index (κ1) is 14.4. The van der Waals surface area contributed by atoms with Gasteiger partial charge in [0.2, 0.25) is 0 Å². The molecule has 2 bridgehead atoms. The molecule has 0 amide bonds. The molecule has 0 aliphatic heterocycles. The number of nitrogens with one attached hydrogen (secondary N) is 1. The third kappa shape index (κ3) is 3.10. The van der Waals surface area contributed by atoms with Crippen molar-refractivity contribution in [2.45, 2.75) is 72.3 Å². The molecule has 1 heteroatoms. The molecule has 0 heterocycles. The van der Waals surface area contributed by atoms with E-state index in [4.69, 9.17) is 0 Å². The molecular formula is C17H33N. The van der Waals surface area contributed by atoms with Crippen molar-refractivity contribution in [3.05, 3.63) is 0 Å². The quantitative estimate of drug-likeness (QED) is 0.777. The average Bonchev–Trinajstić information content (AvgIpc) is 2.40. The molecule has 106 valence electrons. The molecule has 0 saturated heterocycles. The summed E-state index contributed by atoms with van der Waals surface area (Å²) in [6.07, 6.45) is 8.93. The Labute approximate surface area is 114 Å². The number of hydrogen-bond donors (Lipinski definition) is 1. The van der Waals surface area contributed by atoms with Crippen molar-refractivity contribution in [2.75, 3.05) is 6.54 Å². The molecule has 0 spiro atoms. The van der Waals surface area contributed by atoms with Crippen molar-refractivity contribution in [1.82, 2.24) is 5.32 Å². The van der Waals surface area contributed by atoms with Gasteiger partial charge in [0.05, 0.1) is 0 Å². The lowest BCUT2D eigenvalue weighted by atomic mass is 9.62. The molecule has 3 rings (SSSR count). The van der Waals surface area contributed by atoms with Crippen LogP contribution in [0.3, 0.4) is 0 Å². The molecule has 3 aliphatic rings. The van der Waals surface area contributed by atoms with Crippen LogP contribution in [-0.4, -0.2) is 12.6 Å². The summed E-state index contributed by atoms with van der Waals surface area (Å²) in [4.78, 5) is 0. The zero-order valence-corrected chi connectivity index (χ0v) is 12.9. The summed E-state index contributed by atoms with van der Waals surface area (Å²) in [6.45, 7) is 10.7. The van der Waals surface area contributed by atoms with Gasteiger partial charge in [-0.05, 0) is 62.3 Å². The number of fused-ring (bicyclic) bond motifs is 5. The molecule has 4 unspecified atom stereocenters. The van der Waals surface area contributed by atoms with Crippen LogP contribution in [0, 0.1) is 29.6 Å². The molecule has 0 aromatic carbocycles. The van der Waals surface area contributed by atoms with Crippen molar-refractivity contribution < 1.29 is 0 Å². The highest BCUT2D eigenvalue weighted by Crippen LogP contribution is 2.49. The third-order valence-corrected chi connectivity index (χ3v) is 5.85. The summed E-state index contributed by atoms with van der Waals surface area (Å²) in [6, 6.07) is 0.717. The second-order valence-corrected chi connectivity index (χ2v) is 7.09. The van der Waals surface area contributed by atoms with Crippen LogP contribution in [0.25, 0.3) is 0 Å². The number of hydrogen-bond acceptors (Lipinski definition) is 1. The Morgan fingerprint density at radius 1 is 1.11 bits per heavy atom. The highest BCUT2D eigenvalue weighted by atomic mass is 14.9. The Bertz CT molecular complexity index is 244. The fourth-order valence-corrected chi connectivity index (χ4v) is 4.77. The Morgan fingerprint density at radius 3 is 2.44 bits per heavy atom. The summed E-state index contributed by atoms with van der Waals surface area (Å²) in [5.74, 6) is 4.96. The minimum atomic E-state index is 0.717. The fraction of sp³-hybridized carbons (Fsp3) is 1.00. The maximum absolute atomic E-state index is 3.69. The molecule has 0 aromatic rings. The second kappa shape index (κ2) is 6.41. The molecule has 3 fully saturated rings. The largest absolute Gasteiger partial charge is 0.314 e. The highest BCUT2D eigenvalue weighted by molar-refractivity contribution is 4.93. The van der Waals surface area contributed by atoms with E-state index in [1.54, 1.807) is 0 Å². The molecule has 1 N–H and O–H groups in total.